The fourth-order valence-electron chi connectivity index (χ4n) is 2.65. The van der Waals surface area contributed by atoms with Gasteiger partial charge in [-0.2, -0.15) is 4.31 Å². The average molecular weight is 427 g/mol. The van der Waals surface area contributed by atoms with Gasteiger partial charge in [-0.15, -0.1) is 10.2 Å². The molecular formula is C17H19ClN4O3S2. The maximum Gasteiger partial charge on any atom is 0.272 e. The van der Waals surface area contributed by atoms with Crippen LogP contribution in [0.4, 0.5) is 5.13 Å². The van der Waals surface area contributed by atoms with Crippen molar-refractivity contribution in [2.75, 3.05) is 18.4 Å². The molecule has 10 heteroatoms. The summed E-state index contributed by atoms with van der Waals surface area (Å²) < 4.78 is 26.7. The van der Waals surface area contributed by atoms with Crippen LogP contribution in [0.3, 0.4) is 0 Å². The molecule has 0 aliphatic carbocycles. The normalized spacial score (nSPS) is 16.3. The number of benzene rings is 1. The van der Waals surface area contributed by atoms with Gasteiger partial charge in [0.2, 0.25) is 15.4 Å². The van der Waals surface area contributed by atoms with E-state index in [9.17, 15) is 13.2 Å². The largest absolute Gasteiger partial charge is 0.297 e. The molecule has 3 rings (SSSR count). The second-order valence-corrected chi connectivity index (χ2v) is 9.59. The lowest BCUT2D eigenvalue weighted by Crippen LogP contribution is -2.31. The molecular weight excluding hydrogens is 408 g/mol. The van der Waals surface area contributed by atoms with Crippen molar-refractivity contribution >= 4 is 50.1 Å². The number of carbonyl (C=O) groups is 1. The number of sulfonamides is 1. The van der Waals surface area contributed by atoms with Crippen molar-refractivity contribution in [1.29, 1.82) is 0 Å². The third-order valence-corrected chi connectivity index (χ3v) is 7.39. The summed E-state index contributed by atoms with van der Waals surface area (Å²) in [6, 6.07) is 7.01. The molecule has 1 saturated heterocycles. The Labute approximate surface area is 167 Å². The Balaban J connectivity index is 1.64. The van der Waals surface area contributed by atoms with Crippen LogP contribution in [-0.4, -0.2) is 41.9 Å². The van der Waals surface area contributed by atoms with Crippen molar-refractivity contribution in [3.8, 4) is 0 Å². The number of hydrogen-bond donors (Lipinski definition) is 1. The lowest BCUT2D eigenvalue weighted by atomic mass is 10.2. The maximum absolute atomic E-state index is 12.7. The van der Waals surface area contributed by atoms with Gasteiger partial charge >= 0.3 is 0 Å². The summed E-state index contributed by atoms with van der Waals surface area (Å²) in [4.78, 5) is 12.0. The number of nitrogens with one attached hydrogen (secondary N) is 1. The Bertz CT molecular complexity index is 918. The zero-order chi connectivity index (χ0) is 19.3. The SMILES string of the molecule is O=C(/C=C/c1ccc(Cl)cc1)Nc1nnc(S(=O)(=O)N2CCCCCC2)s1. The van der Waals surface area contributed by atoms with Gasteiger partial charge in [-0.05, 0) is 36.6 Å². The van der Waals surface area contributed by atoms with E-state index in [1.165, 1.54) is 10.4 Å². The fraction of sp³-hybridized carbons (Fsp3) is 0.353. The van der Waals surface area contributed by atoms with Gasteiger partial charge in [0.15, 0.2) is 0 Å². The molecule has 1 aliphatic heterocycles. The van der Waals surface area contributed by atoms with E-state index in [4.69, 9.17) is 11.6 Å². The number of anilines is 1. The summed E-state index contributed by atoms with van der Waals surface area (Å²) in [5.74, 6) is -0.417. The molecule has 0 unspecified atom stereocenters. The van der Waals surface area contributed by atoms with E-state index < -0.39 is 15.9 Å². The highest BCUT2D eigenvalue weighted by Gasteiger charge is 2.29. The molecule has 2 heterocycles. The van der Waals surface area contributed by atoms with E-state index >= 15 is 0 Å². The summed E-state index contributed by atoms with van der Waals surface area (Å²) in [6.07, 6.45) is 6.72. The lowest BCUT2D eigenvalue weighted by Gasteiger charge is -2.17. The van der Waals surface area contributed by atoms with E-state index in [0.717, 1.165) is 42.6 Å². The van der Waals surface area contributed by atoms with Crippen LogP contribution in [-0.2, 0) is 14.8 Å². The molecule has 1 fully saturated rings. The summed E-state index contributed by atoms with van der Waals surface area (Å²) in [5.41, 5.74) is 0.816. The lowest BCUT2D eigenvalue weighted by molar-refractivity contribution is -0.111. The number of halogens is 1. The topological polar surface area (TPSA) is 92.3 Å². The van der Waals surface area contributed by atoms with Crippen molar-refractivity contribution in [3.05, 3.63) is 40.9 Å². The molecule has 0 spiro atoms. The first-order valence-electron chi connectivity index (χ1n) is 8.53. The van der Waals surface area contributed by atoms with E-state index in [0.29, 0.717) is 18.1 Å². The van der Waals surface area contributed by atoms with Crippen LogP contribution in [0.2, 0.25) is 5.02 Å². The molecule has 0 radical (unpaired) electrons. The second kappa shape index (κ2) is 8.92. The number of rotatable bonds is 5. The first kappa shape index (κ1) is 19.9. The molecule has 1 aromatic heterocycles. The van der Waals surface area contributed by atoms with Gasteiger partial charge in [-0.3, -0.25) is 10.1 Å². The van der Waals surface area contributed by atoms with Crippen molar-refractivity contribution in [2.24, 2.45) is 0 Å². The molecule has 0 saturated carbocycles. The standard InChI is InChI=1S/C17H19ClN4O3S2/c18-14-8-5-13(6-9-14)7-10-15(23)19-16-20-21-17(26-16)27(24,25)22-11-3-1-2-4-12-22/h5-10H,1-4,11-12H2,(H,19,20,23)/b10-7+. The van der Waals surface area contributed by atoms with Crippen LogP contribution in [0.5, 0.6) is 0 Å². The van der Waals surface area contributed by atoms with E-state index in [2.05, 4.69) is 15.5 Å². The third-order valence-electron chi connectivity index (χ3n) is 4.06. The highest BCUT2D eigenvalue weighted by Crippen LogP contribution is 2.25. The van der Waals surface area contributed by atoms with Crippen LogP contribution < -0.4 is 5.32 Å². The van der Waals surface area contributed by atoms with Gasteiger partial charge < -0.3 is 0 Å². The van der Waals surface area contributed by atoms with Crippen molar-refractivity contribution in [3.63, 3.8) is 0 Å². The predicted molar refractivity (Wildman–Crippen MR) is 106 cm³/mol. The number of aromatic nitrogens is 2. The minimum atomic E-state index is -3.66. The van der Waals surface area contributed by atoms with Gasteiger partial charge in [0.1, 0.15) is 0 Å². The number of amides is 1. The fourth-order valence-corrected chi connectivity index (χ4v) is 5.33. The van der Waals surface area contributed by atoms with Gasteiger partial charge in [0.25, 0.3) is 10.0 Å². The van der Waals surface area contributed by atoms with Crippen molar-refractivity contribution in [1.82, 2.24) is 14.5 Å². The first-order valence-corrected chi connectivity index (χ1v) is 11.2. The molecule has 1 aromatic carbocycles. The zero-order valence-corrected chi connectivity index (χ0v) is 16.9. The van der Waals surface area contributed by atoms with Crippen molar-refractivity contribution in [2.45, 2.75) is 30.0 Å². The van der Waals surface area contributed by atoms with Crippen LogP contribution in [0.1, 0.15) is 31.2 Å². The monoisotopic (exact) mass is 426 g/mol. The average Bonchev–Trinajstić information content (AvgIpc) is 2.94. The Morgan fingerprint density at radius 2 is 1.78 bits per heavy atom. The van der Waals surface area contributed by atoms with Crippen LogP contribution in [0.15, 0.2) is 34.7 Å². The highest BCUT2D eigenvalue weighted by molar-refractivity contribution is 7.91. The summed E-state index contributed by atoms with van der Waals surface area (Å²) in [5, 5.41) is 10.9. The van der Waals surface area contributed by atoms with Gasteiger partial charge in [-0.1, -0.05) is 47.9 Å². The minimum Gasteiger partial charge on any atom is -0.297 e. The number of hydrogen-bond acceptors (Lipinski definition) is 6. The van der Waals surface area contributed by atoms with Crippen LogP contribution in [0, 0.1) is 0 Å². The smallest absolute Gasteiger partial charge is 0.272 e. The Morgan fingerprint density at radius 1 is 1.11 bits per heavy atom. The Morgan fingerprint density at radius 3 is 2.44 bits per heavy atom. The predicted octanol–water partition coefficient (Wildman–Crippen LogP) is 3.41. The van der Waals surface area contributed by atoms with Gasteiger partial charge in [0, 0.05) is 24.2 Å². The minimum absolute atomic E-state index is 0.0959. The molecule has 2 aromatic rings. The number of carbonyl (C=O) groups excluding carboxylic acids is 1. The maximum atomic E-state index is 12.7. The molecule has 1 aliphatic rings. The molecule has 27 heavy (non-hydrogen) atoms. The molecule has 0 bridgehead atoms. The molecule has 7 nitrogen and oxygen atoms in total. The van der Waals surface area contributed by atoms with Crippen molar-refractivity contribution < 1.29 is 13.2 Å². The highest BCUT2D eigenvalue weighted by atomic mass is 35.5. The summed E-state index contributed by atoms with van der Waals surface area (Å²) in [7, 11) is -3.66. The third kappa shape index (κ3) is 5.35. The van der Waals surface area contributed by atoms with E-state index in [1.54, 1.807) is 30.3 Å². The molecule has 1 amide bonds. The Kier molecular flexibility index (Phi) is 6.59. The van der Waals surface area contributed by atoms with Gasteiger partial charge in [0.05, 0.1) is 0 Å². The van der Waals surface area contributed by atoms with Crippen LogP contribution in [0.25, 0.3) is 6.08 Å². The first-order chi connectivity index (χ1) is 12.9. The molecule has 1 N–H and O–H groups in total. The zero-order valence-electron chi connectivity index (χ0n) is 14.5. The summed E-state index contributed by atoms with van der Waals surface area (Å²) in [6.45, 7) is 0.987. The quantitative estimate of drug-likeness (QED) is 0.584. The van der Waals surface area contributed by atoms with E-state index in [1.807, 2.05) is 0 Å². The Hall–Kier alpha value is -1.81. The number of nitrogens with zero attached hydrogens (tertiary/aromatic N) is 3. The molecule has 0 atom stereocenters. The van der Waals surface area contributed by atoms with E-state index in [-0.39, 0.29) is 9.47 Å². The molecule has 144 valence electrons. The summed E-state index contributed by atoms with van der Waals surface area (Å²) >= 11 is 6.67. The second-order valence-electron chi connectivity index (χ2n) is 6.07. The van der Waals surface area contributed by atoms with Gasteiger partial charge in [-0.25, -0.2) is 8.42 Å². The van der Waals surface area contributed by atoms with Crippen LogP contribution >= 0.6 is 22.9 Å².